The molecule has 1 N–H and O–H groups in total. The zero-order valence-corrected chi connectivity index (χ0v) is 17.2. The van der Waals surface area contributed by atoms with E-state index in [2.05, 4.69) is 5.32 Å². The molecular weight excluding hydrogens is 406 g/mol. The summed E-state index contributed by atoms with van der Waals surface area (Å²) >= 11 is 5.85. The Labute approximate surface area is 168 Å². The molecule has 0 fully saturated rings. The van der Waals surface area contributed by atoms with E-state index in [-0.39, 0.29) is 21.2 Å². The smallest absolute Gasteiger partial charge is 0.282 e. The van der Waals surface area contributed by atoms with Gasteiger partial charge >= 0.3 is 0 Å². The van der Waals surface area contributed by atoms with Crippen LogP contribution < -0.4 is 5.32 Å². The van der Waals surface area contributed by atoms with Gasteiger partial charge in [-0.1, -0.05) is 31.5 Å². The van der Waals surface area contributed by atoms with Gasteiger partial charge in [0.2, 0.25) is 10.0 Å². The highest BCUT2D eigenvalue weighted by Crippen LogP contribution is 2.26. The Morgan fingerprint density at radius 3 is 2.39 bits per heavy atom. The van der Waals surface area contributed by atoms with Crippen molar-refractivity contribution < 1.29 is 18.1 Å². The van der Waals surface area contributed by atoms with E-state index in [0.717, 1.165) is 6.07 Å². The molecule has 2 aromatic carbocycles. The van der Waals surface area contributed by atoms with Crippen LogP contribution in [0.1, 0.15) is 29.8 Å². The summed E-state index contributed by atoms with van der Waals surface area (Å²) in [6.07, 6.45) is 0. The number of benzene rings is 2. The molecule has 0 aromatic heterocycles. The highest BCUT2D eigenvalue weighted by Gasteiger charge is 2.25. The van der Waals surface area contributed by atoms with Crippen molar-refractivity contribution in [3.05, 3.63) is 62.7 Å². The molecule has 0 radical (unpaired) electrons. The number of amides is 1. The molecule has 0 unspecified atom stereocenters. The predicted octanol–water partition coefficient (Wildman–Crippen LogP) is 3.84. The van der Waals surface area contributed by atoms with Gasteiger partial charge in [0.25, 0.3) is 11.6 Å². The van der Waals surface area contributed by atoms with E-state index in [1.54, 1.807) is 26.8 Å². The maximum Gasteiger partial charge on any atom is 0.282 e. The topological polar surface area (TPSA) is 110 Å². The first kappa shape index (κ1) is 21.8. The molecule has 0 saturated carbocycles. The van der Waals surface area contributed by atoms with Gasteiger partial charge in [0.1, 0.15) is 5.56 Å². The third-order valence-electron chi connectivity index (χ3n) is 4.17. The quantitative estimate of drug-likeness (QED) is 0.535. The molecule has 0 saturated heterocycles. The lowest BCUT2D eigenvalue weighted by atomic mass is 10.1. The third kappa shape index (κ3) is 4.49. The number of hydrogen-bond donors (Lipinski definition) is 1. The van der Waals surface area contributed by atoms with Crippen molar-refractivity contribution in [1.82, 2.24) is 4.31 Å². The van der Waals surface area contributed by atoms with Crippen molar-refractivity contribution in [2.45, 2.75) is 25.7 Å². The highest BCUT2D eigenvalue weighted by atomic mass is 35.5. The summed E-state index contributed by atoms with van der Waals surface area (Å²) in [7, 11) is -3.73. The van der Waals surface area contributed by atoms with Gasteiger partial charge in [-0.15, -0.1) is 0 Å². The van der Waals surface area contributed by atoms with Gasteiger partial charge < -0.3 is 5.32 Å². The fourth-order valence-electron chi connectivity index (χ4n) is 2.71. The molecule has 0 aliphatic heterocycles. The van der Waals surface area contributed by atoms with E-state index in [1.165, 1.54) is 28.6 Å². The van der Waals surface area contributed by atoms with Crippen LogP contribution in [-0.2, 0) is 10.0 Å². The number of nitro groups is 1. The molecule has 0 aliphatic carbocycles. The van der Waals surface area contributed by atoms with E-state index in [1.807, 2.05) is 0 Å². The lowest BCUT2D eigenvalue weighted by Gasteiger charge is -2.20. The first-order valence-electron chi connectivity index (χ1n) is 8.47. The van der Waals surface area contributed by atoms with Crippen molar-refractivity contribution in [3.8, 4) is 0 Å². The molecule has 10 heteroatoms. The van der Waals surface area contributed by atoms with Gasteiger partial charge in [-0.2, -0.15) is 4.31 Å². The van der Waals surface area contributed by atoms with E-state index >= 15 is 0 Å². The van der Waals surface area contributed by atoms with E-state index < -0.39 is 26.5 Å². The van der Waals surface area contributed by atoms with Gasteiger partial charge in [0.15, 0.2) is 0 Å². The van der Waals surface area contributed by atoms with Crippen LogP contribution in [0.3, 0.4) is 0 Å². The predicted molar refractivity (Wildman–Crippen MR) is 107 cm³/mol. The maximum atomic E-state index is 12.8. The van der Waals surface area contributed by atoms with Crippen LogP contribution in [0.4, 0.5) is 11.4 Å². The number of anilines is 1. The second-order valence-corrected chi connectivity index (χ2v) is 8.29. The van der Waals surface area contributed by atoms with Crippen LogP contribution in [0.15, 0.2) is 41.3 Å². The first-order chi connectivity index (χ1) is 13.1. The number of nitrogens with one attached hydrogen (secondary N) is 1. The molecule has 0 atom stereocenters. The molecular formula is C18H20ClN3O5S. The molecule has 150 valence electrons. The minimum absolute atomic E-state index is 0.0644. The number of sulfonamides is 1. The molecule has 0 heterocycles. The van der Waals surface area contributed by atoms with E-state index in [9.17, 15) is 23.3 Å². The normalized spacial score (nSPS) is 11.5. The van der Waals surface area contributed by atoms with Crippen LogP contribution in [0.5, 0.6) is 0 Å². The summed E-state index contributed by atoms with van der Waals surface area (Å²) in [5.41, 5.74) is 0.116. The molecule has 0 bridgehead atoms. The van der Waals surface area contributed by atoms with Crippen molar-refractivity contribution in [2.75, 3.05) is 18.4 Å². The number of carbonyl (C=O) groups excluding carboxylic acids is 1. The summed E-state index contributed by atoms with van der Waals surface area (Å²) < 4.78 is 26.9. The van der Waals surface area contributed by atoms with Crippen LogP contribution >= 0.6 is 11.6 Å². The molecule has 8 nitrogen and oxygen atoms in total. The molecule has 2 rings (SSSR count). The Balaban J connectivity index is 2.43. The second-order valence-electron chi connectivity index (χ2n) is 5.94. The van der Waals surface area contributed by atoms with Gasteiger partial charge in [0.05, 0.1) is 9.82 Å². The lowest BCUT2D eigenvalue weighted by molar-refractivity contribution is -0.385. The van der Waals surface area contributed by atoms with E-state index in [0.29, 0.717) is 18.7 Å². The molecule has 1 amide bonds. The minimum atomic E-state index is -3.73. The number of nitrogens with zero attached hydrogens (tertiary/aromatic N) is 2. The first-order valence-corrected chi connectivity index (χ1v) is 10.3. The minimum Gasteiger partial charge on any atom is -0.322 e. The fourth-order valence-corrected chi connectivity index (χ4v) is 4.59. The average Bonchev–Trinajstić information content (AvgIpc) is 2.63. The maximum absolute atomic E-state index is 12.8. The fraction of sp³-hybridized carbons (Fsp3) is 0.278. The molecule has 28 heavy (non-hydrogen) atoms. The lowest BCUT2D eigenvalue weighted by Crippen LogP contribution is -2.31. The highest BCUT2D eigenvalue weighted by molar-refractivity contribution is 7.89. The van der Waals surface area contributed by atoms with Crippen LogP contribution in [0, 0.1) is 17.0 Å². The number of rotatable bonds is 7. The average molecular weight is 426 g/mol. The molecule has 0 spiro atoms. The Morgan fingerprint density at radius 2 is 1.82 bits per heavy atom. The summed E-state index contributed by atoms with van der Waals surface area (Å²) in [5, 5.41) is 13.8. The van der Waals surface area contributed by atoms with Gasteiger partial charge in [-0.3, -0.25) is 14.9 Å². The number of halogens is 1. The largest absolute Gasteiger partial charge is 0.322 e. The molecule has 2 aromatic rings. The van der Waals surface area contributed by atoms with Gasteiger partial charge in [0, 0.05) is 29.9 Å². The second kappa shape index (κ2) is 8.68. The SMILES string of the molecule is CCN(CC)S(=O)(=O)c1cc(NC(=O)c2cc(Cl)ccc2[N+](=O)[O-])ccc1C. The number of nitro benzene ring substituents is 1. The Kier molecular flexibility index (Phi) is 6.76. The number of hydrogen-bond acceptors (Lipinski definition) is 5. The Hall–Kier alpha value is -2.49. The zero-order valence-electron chi connectivity index (χ0n) is 15.6. The van der Waals surface area contributed by atoms with Crippen molar-refractivity contribution in [3.63, 3.8) is 0 Å². The Morgan fingerprint density at radius 1 is 1.18 bits per heavy atom. The van der Waals surface area contributed by atoms with Crippen LogP contribution in [0.2, 0.25) is 5.02 Å². The summed E-state index contributed by atoms with van der Waals surface area (Å²) in [6.45, 7) is 5.75. The summed E-state index contributed by atoms with van der Waals surface area (Å²) in [4.78, 5) is 23.1. The Bertz CT molecular complexity index is 1020. The summed E-state index contributed by atoms with van der Waals surface area (Å²) in [5.74, 6) is -0.760. The standard InChI is InChI=1S/C18H20ClN3O5S/c1-4-21(5-2)28(26,27)17-11-14(8-6-12(17)3)20-18(23)15-10-13(19)7-9-16(15)22(24)25/h6-11H,4-5H2,1-3H3,(H,20,23). The van der Waals surface area contributed by atoms with Crippen molar-refractivity contribution >= 4 is 38.9 Å². The summed E-state index contributed by atoms with van der Waals surface area (Å²) in [6, 6.07) is 8.09. The third-order valence-corrected chi connectivity index (χ3v) is 6.60. The van der Waals surface area contributed by atoms with Crippen LogP contribution in [-0.4, -0.2) is 36.6 Å². The van der Waals surface area contributed by atoms with E-state index in [4.69, 9.17) is 11.6 Å². The monoisotopic (exact) mass is 425 g/mol. The van der Waals surface area contributed by atoms with Crippen LogP contribution in [0.25, 0.3) is 0 Å². The number of aryl methyl sites for hydroxylation is 1. The zero-order chi connectivity index (χ0) is 21.1. The molecule has 0 aliphatic rings. The van der Waals surface area contributed by atoms with Crippen molar-refractivity contribution in [2.24, 2.45) is 0 Å². The van der Waals surface area contributed by atoms with Gasteiger partial charge in [-0.05, 0) is 36.8 Å². The van der Waals surface area contributed by atoms with Gasteiger partial charge in [-0.25, -0.2) is 8.42 Å². The van der Waals surface area contributed by atoms with Crippen molar-refractivity contribution in [1.29, 1.82) is 0 Å². The number of carbonyl (C=O) groups is 1.